The van der Waals surface area contributed by atoms with Gasteiger partial charge in [-0.15, -0.1) is 45.9 Å². The average molecular weight is 478 g/mol. The number of benzene rings is 1. The maximum atomic E-state index is 12.8. The first-order chi connectivity index (χ1) is 11.6. The molecule has 0 fully saturated rings. The Bertz CT molecular complexity index is 674. The predicted molar refractivity (Wildman–Crippen MR) is 111 cm³/mol. The summed E-state index contributed by atoms with van der Waals surface area (Å²) in [5, 5.41) is 14.6. The maximum absolute atomic E-state index is 12.8. The fourth-order valence-corrected chi connectivity index (χ4v) is 2.84. The summed E-state index contributed by atoms with van der Waals surface area (Å²) in [7, 11) is 3.68. The van der Waals surface area contributed by atoms with E-state index in [1.54, 1.807) is 30.9 Å². The SMILES string of the molecule is CN=C(NCCCSc1ccc(F)cc1)NCc1nnc(C)n1C.I. The number of guanidine groups is 1. The first kappa shape index (κ1) is 21.7. The molecule has 6 nitrogen and oxygen atoms in total. The Kier molecular flexibility index (Phi) is 9.79. The molecule has 0 radical (unpaired) electrons. The maximum Gasteiger partial charge on any atom is 0.191 e. The van der Waals surface area contributed by atoms with Gasteiger partial charge in [0, 0.05) is 25.5 Å². The number of nitrogens with one attached hydrogen (secondary N) is 2. The Labute approximate surface area is 169 Å². The van der Waals surface area contributed by atoms with Crippen molar-refractivity contribution in [2.75, 3.05) is 19.3 Å². The third-order valence-electron chi connectivity index (χ3n) is 3.52. The van der Waals surface area contributed by atoms with Crippen LogP contribution in [0.4, 0.5) is 4.39 Å². The number of rotatable bonds is 7. The van der Waals surface area contributed by atoms with E-state index in [0.717, 1.165) is 41.2 Å². The Balaban J connectivity index is 0.00000312. The molecule has 2 N–H and O–H groups in total. The smallest absolute Gasteiger partial charge is 0.191 e. The lowest BCUT2D eigenvalue weighted by atomic mass is 10.4. The van der Waals surface area contributed by atoms with Crippen LogP contribution >= 0.6 is 35.7 Å². The lowest BCUT2D eigenvalue weighted by Crippen LogP contribution is -2.38. The summed E-state index contributed by atoms with van der Waals surface area (Å²) < 4.78 is 14.8. The number of nitrogens with zero attached hydrogens (tertiary/aromatic N) is 4. The molecule has 0 spiro atoms. The highest BCUT2D eigenvalue weighted by Crippen LogP contribution is 2.18. The highest BCUT2D eigenvalue weighted by Gasteiger charge is 2.05. The van der Waals surface area contributed by atoms with Crippen LogP contribution in [0.25, 0.3) is 0 Å². The van der Waals surface area contributed by atoms with Crippen molar-refractivity contribution in [1.82, 2.24) is 25.4 Å². The minimum absolute atomic E-state index is 0. The van der Waals surface area contributed by atoms with Crippen LogP contribution in [0.5, 0.6) is 0 Å². The van der Waals surface area contributed by atoms with Crippen LogP contribution < -0.4 is 10.6 Å². The first-order valence-corrected chi connectivity index (χ1v) is 8.76. The zero-order valence-corrected chi connectivity index (χ0v) is 17.8. The summed E-state index contributed by atoms with van der Waals surface area (Å²) >= 11 is 1.71. The molecule has 0 bridgehead atoms. The molecule has 0 unspecified atom stereocenters. The van der Waals surface area contributed by atoms with Crippen molar-refractivity contribution in [1.29, 1.82) is 0 Å². The van der Waals surface area contributed by atoms with E-state index in [9.17, 15) is 4.39 Å². The van der Waals surface area contributed by atoms with Gasteiger partial charge in [0.2, 0.25) is 0 Å². The Morgan fingerprint density at radius 3 is 2.56 bits per heavy atom. The summed E-state index contributed by atoms with van der Waals surface area (Å²) in [5.41, 5.74) is 0. The van der Waals surface area contributed by atoms with Crippen molar-refractivity contribution in [3.8, 4) is 0 Å². The van der Waals surface area contributed by atoms with Crippen LogP contribution in [0.3, 0.4) is 0 Å². The van der Waals surface area contributed by atoms with E-state index in [2.05, 4.69) is 25.8 Å². The van der Waals surface area contributed by atoms with Gasteiger partial charge in [-0.2, -0.15) is 0 Å². The van der Waals surface area contributed by atoms with E-state index in [1.807, 2.05) is 18.5 Å². The number of aliphatic imine (C=N–C) groups is 1. The van der Waals surface area contributed by atoms with Gasteiger partial charge in [-0.25, -0.2) is 4.39 Å². The molecule has 0 atom stereocenters. The average Bonchev–Trinajstić information content (AvgIpc) is 2.91. The topological polar surface area (TPSA) is 67.1 Å². The van der Waals surface area contributed by atoms with Crippen LogP contribution in [0.2, 0.25) is 0 Å². The van der Waals surface area contributed by atoms with Crippen molar-refractivity contribution in [2.24, 2.45) is 12.0 Å². The predicted octanol–water partition coefficient (Wildman–Crippen LogP) is 2.73. The Morgan fingerprint density at radius 2 is 1.96 bits per heavy atom. The molecule has 0 amide bonds. The van der Waals surface area contributed by atoms with E-state index in [4.69, 9.17) is 0 Å². The molecule has 0 saturated heterocycles. The van der Waals surface area contributed by atoms with E-state index < -0.39 is 0 Å². The molecule has 9 heteroatoms. The van der Waals surface area contributed by atoms with Crippen molar-refractivity contribution in [3.05, 3.63) is 41.7 Å². The third-order valence-corrected chi connectivity index (χ3v) is 4.61. The van der Waals surface area contributed by atoms with Crippen LogP contribution in [-0.4, -0.2) is 40.1 Å². The van der Waals surface area contributed by atoms with E-state index >= 15 is 0 Å². The van der Waals surface area contributed by atoms with Gasteiger partial charge in [-0.3, -0.25) is 4.99 Å². The highest BCUT2D eigenvalue weighted by molar-refractivity contribution is 14.0. The zero-order chi connectivity index (χ0) is 17.4. The van der Waals surface area contributed by atoms with Gasteiger partial charge in [0.25, 0.3) is 0 Å². The molecule has 2 rings (SSSR count). The van der Waals surface area contributed by atoms with Gasteiger partial charge in [-0.05, 0) is 43.4 Å². The number of hydrogen-bond donors (Lipinski definition) is 2. The van der Waals surface area contributed by atoms with Gasteiger partial charge in [0.05, 0.1) is 6.54 Å². The molecular weight excluding hydrogens is 454 g/mol. The summed E-state index contributed by atoms with van der Waals surface area (Å²) in [6.45, 7) is 3.30. The molecule has 0 aliphatic heterocycles. The molecule has 0 aliphatic carbocycles. The van der Waals surface area contributed by atoms with Crippen molar-refractivity contribution in [2.45, 2.75) is 24.8 Å². The monoisotopic (exact) mass is 478 g/mol. The van der Waals surface area contributed by atoms with Crippen molar-refractivity contribution in [3.63, 3.8) is 0 Å². The zero-order valence-electron chi connectivity index (χ0n) is 14.6. The quantitative estimate of drug-likeness (QED) is 0.211. The fraction of sp³-hybridized carbons (Fsp3) is 0.438. The molecular formula is C16H24FIN6S. The summed E-state index contributed by atoms with van der Waals surface area (Å²) in [5.74, 6) is 3.24. The lowest BCUT2D eigenvalue weighted by Gasteiger charge is -2.11. The molecule has 1 heterocycles. The number of thioether (sulfide) groups is 1. The van der Waals surface area contributed by atoms with Gasteiger partial charge >= 0.3 is 0 Å². The third kappa shape index (κ3) is 7.18. The van der Waals surface area contributed by atoms with E-state index in [-0.39, 0.29) is 29.8 Å². The number of hydrogen-bond acceptors (Lipinski definition) is 4. The van der Waals surface area contributed by atoms with Gasteiger partial charge < -0.3 is 15.2 Å². The number of halogens is 2. The number of aryl methyl sites for hydroxylation is 1. The molecule has 2 aromatic rings. The Hall–Kier alpha value is -1.36. The summed E-state index contributed by atoms with van der Waals surface area (Å²) in [6, 6.07) is 6.58. The van der Waals surface area contributed by atoms with Gasteiger partial charge in [0.1, 0.15) is 11.6 Å². The fourth-order valence-electron chi connectivity index (χ4n) is 1.99. The second-order valence-corrected chi connectivity index (χ2v) is 6.40. The van der Waals surface area contributed by atoms with Crippen LogP contribution in [0, 0.1) is 12.7 Å². The van der Waals surface area contributed by atoms with Crippen LogP contribution in [0.15, 0.2) is 34.2 Å². The minimum Gasteiger partial charge on any atom is -0.356 e. The number of aromatic nitrogens is 3. The lowest BCUT2D eigenvalue weighted by molar-refractivity contribution is 0.626. The summed E-state index contributed by atoms with van der Waals surface area (Å²) in [4.78, 5) is 5.27. The first-order valence-electron chi connectivity index (χ1n) is 7.78. The standard InChI is InChI=1S/C16H23FN6S.HI/c1-12-21-22-15(23(12)3)11-20-16(18-2)19-9-4-10-24-14-7-5-13(17)6-8-14;/h5-8H,4,9-11H2,1-3H3,(H2,18,19,20);1H. The molecule has 1 aromatic carbocycles. The molecule has 0 aliphatic rings. The van der Waals surface area contributed by atoms with Crippen LogP contribution in [-0.2, 0) is 13.6 Å². The largest absolute Gasteiger partial charge is 0.356 e. The molecule has 25 heavy (non-hydrogen) atoms. The Morgan fingerprint density at radius 1 is 1.24 bits per heavy atom. The van der Waals surface area contributed by atoms with Crippen molar-refractivity contribution >= 4 is 41.7 Å². The van der Waals surface area contributed by atoms with Gasteiger partial charge in [0.15, 0.2) is 11.8 Å². The van der Waals surface area contributed by atoms with E-state index in [0.29, 0.717) is 6.54 Å². The second-order valence-electron chi connectivity index (χ2n) is 5.23. The molecule has 138 valence electrons. The minimum atomic E-state index is -0.200. The van der Waals surface area contributed by atoms with Crippen molar-refractivity contribution < 1.29 is 4.39 Å². The van der Waals surface area contributed by atoms with E-state index in [1.165, 1.54) is 12.1 Å². The molecule has 1 aromatic heterocycles. The second kappa shape index (κ2) is 11.3. The van der Waals surface area contributed by atoms with Crippen LogP contribution in [0.1, 0.15) is 18.1 Å². The molecule has 0 saturated carbocycles. The highest BCUT2D eigenvalue weighted by atomic mass is 127. The normalized spacial score (nSPS) is 11.1. The van der Waals surface area contributed by atoms with Gasteiger partial charge in [-0.1, -0.05) is 0 Å². The summed E-state index contributed by atoms with van der Waals surface area (Å²) in [6.07, 6.45) is 0.978.